The second kappa shape index (κ2) is 7.91. The third kappa shape index (κ3) is 3.93. The Morgan fingerprint density at radius 1 is 0.933 bits per heavy atom. The molecule has 0 amide bonds. The van der Waals surface area contributed by atoms with Crippen LogP contribution in [0.15, 0.2) is 87.9 Å². The first-order valence-electron chi connectivity index (χ1n) is 8.93. The van der Waals surface area contributed by atoms with E-state index in [4.69, 9.17) is 16.7 Å². The summed E-state index contributed by atoms with van der Waals surface area (Å²) in [5.74, 6) is -0.0407. The van der Waals surface area contributed by atoms with Crippen LogP contribution in [0.25, 0.3) is 10.9 Å². The molecule has 0 radical (unpaired) electrons. The lowest BCUT2D eigenvalue weighted by Crippen LogP contribution is -2.11. The molecule has 152 valence electrons. The molecule has 3 aromatic carbocycles. The zero-order valence-corrected chi connectivity index (χ0v) is 17.2. The summed E-state index contributed by atoms with van der Waals surface area (Å²) < 4.78 is 24.5. The summed E-state index contributed by atoms with van der Waals surface area (Å²) in [5.41, 5.74) is 2.38. The Kier molecular flexibility index (Phi) is 5.29. The summed E-state index contributed by atoms with van der Waals surface area (Å²) in [5, 5.41) is 25.7. The van der Waals surface area contributed by atoms with Crippen molar-refractivity contribution in [1.29, 1.82) is 0 Å². The first kappa shape index (κ1) is 20.1. The molecule has 0 aliphatic rings. The van der Waals surface area contributed by atoms with E-state index in [1.165, 1.54) is 24.3 Å². The second-order valence-corrected chi connectivity index (χ2v) is 8.57. The Labute approximate surface area is 178 Å². The third-order valence-corrected chi connectivity index (χ3v) is 5.93. The fraction of sp³-hybridized carbons (Fsp3) is 0.0476. The van der Waals surface area contributed by atoms with Gasteiger partial charge in [0.1, 0.15) is 0 Å². The molecule has 0 aliphatic heterocycles. The molecule has 0 unspecified atom stereocenters. The average molecular weight is 441 g/mol. The number of hydrogen-bond acceptors (Lipinski definition) is 5. The van der Waals surface area contributed by atoms with Gasteiger partial charge < -0.3 is 9.67 Å². The molecule has 0 spiro atoms. The van der Waals surface area contributed by atoms with Gasteiger partial charge in [-0.25, -0.2) is 13.6 Å². The maximum Gasteiger partial charge on any atom is 0.238 e. The summed E-state index contributed by atoms with van der Waals surface area (Å²) in [4.78, 5) is -0.0133. The van der Waals surface area contributed by atoms with Crippen LogP contribution in [0.5, 0.6) is 5.88 Å². The number of benzene rings is 3. The van der Waals surface area contributed by atoms with Gasteiger partial charge in [0, 0.05) is 10.4 Å². The lowest BCUT2D eigenvalue weighted by Gasteiger charge is -2.08. The van der Waals surface area contributed by atoms with E-state index in [9.17, 15) is 13.5 Å². The molecule has 0 aliphatic carbocycles. The largest absolute Gasteiger partial charge is 0.493 e. The Morgan fingerprint density at radius 3 is 2.30 bits per heavy atom. The molecule has 7 nitrogen and oxygen atoms in total. The van der Waals surface area contributed by atoms with Gasteiger partial charge in [0.2, 0.25) is 15.9 Å². The van der Waals surface area contributed by atoms with Crippen LogP contribution in [0.3, 0.4) is 0 Å². The number of aromatic nitrogens is 1. The van der Waals surface area contributed by atoms with Crippen molar-refractivity contribution in [2.24, 2.45) is 15.4 Å². The van der Waals surface area contributed by atoms with E-state index in [-0.39, 0.29) is 10.8 Å². The van der Waals surface area contributed by atoms with Gasteiger partial charge >= 0.3 is 0 Å². The van der Waals surface area contributed by atoms with Crippen molar-refractivity contribution in [2.75, 3.05) is 0 Å². The highest BCUT2D eigenvalue weighted by Crippen LogP contribution is 2.40. The van der Waals surface area contributed by atoms with Gasteiger partial charge in [0.05, 0.1) is 22.6 Å². The number of sulfonamides is 1. The van der Waals surface area contributed by atoms with E-state index in [1.807, 2.05) is 42.5 Å². The fourth-order valence-corrected chi connectivity index (χ4v) is 3.85. The minimum Gasteiger partial charge on any atom is -0.493 e. The number of primary sulfonamides is 1. The molecule has 1 heterocycles. The number of rotatable bonds is 5. The van der Waals surface area contributed by atoms with Gasteiger partial charge in [-0.3, -0.25) is 0 Å². The Balaban J connectivity index is 1.74. The van der Waals surface area contributed by atoms with Gasteiger partial charge in [0.15, 0.2) is 5.69 Å². The second-order valence-electron chi connectivity index (χ2n) is 6.61. The first-order valence-corrected chi connectivity index (χ1v) is 10.9. The van der Waals surface area contributed by atoms with Crippen molar-refractivity contribution in [3.63, 3.8) is 0 Å². The van der Waals surface area contributed by atoms with Crippen LogP contribution in [0.1, 0.15) is 5.56 Å². The highest BCUT2D eigenvalue weighted by atomic mass is 35.5. The number of para-hydroxylation sites is 1. The van der Waals surface area contributed by atoms with Crippen LogP contribution in [-0.2, 0) is 16.6 Å². The zero-order valence-electron chi connectivity index (χ0n) is 15.6. The fourth-order valence-electron chi connectivity index (χ4n) is 3.14. The molecule has 30 heavy (non-hydrogen) atoms. The smallest absolute Gasteiger partial charge is 0.238 e. The molecule has 0 saturated heterocycles. The maximum absolute atomic E-state index is 11.4. The van der Waals surface area contributed by atoms with Crippen LogP contribution in [0.4, 0.5) is 11.4 Å². The van der Waals surface area contributed by atoms with Crippen LogP contribution in [0.2, 0.25) is 5.02 Å². The number of nitrogens with zero attached hydrogens (tertiary/aromatic N) is 3. The lowest BCUT2D eigenvalue weighted by molar-refractivity contribution is 0.429. The number of nitrogens with two attached hydrogens (primary N) is 1. The number of azo groups is 1. The van der Waals surface area contributed by atoms with Gasteiger partial charge in [-0.15, -0.1) is 5.11 Å². The summed E-state index contributed by atoms with van der Waals surface area (Å²) >= 11 is 6.28. The molecule has 4 aromatic rings. The minimum absolute atomic E-state index is 0.0133. The van der Waals surface area contributed by atoms with Gasteiger partial charge in [-0.1, -0.05) is 48.0 Å². The van der Waals surface area contributed by atoms with Crippen molar-refractivity contribution in [2.45, 2.75) is 11.4 Å². The molecule has 0 fully saturated rings. The summed E-state index contributed by atoms with van der Waals surface area (Å²) in [6, 6.07) is 20.6. The minimum atomic E-state index is -3.78. The van der Waals surface area contributed by atoms with Gasteiger partial charge in [-0.2, -0.15) is 5.11 Å². The lowest BCUT2D eigenvalue weighted by atomic mass is 10.2. The monoisotopic (exact) mass is 440 g/mol. The van der Waals surface area contributed by atoms with Crippen LogP contribution in [0, 0.1) is 0 Å². The standard InChI is InChI=1S/C21H17ClN4O3S/c22-18-7-3-1-5-14(18)13-26-19-8-4-2-6-17(19)20(21(26)27)25-24-15-9-11-16(12-10-15)30(23,28)29/h1-12,27H,13H2,(H2,23,28,29). The Morgan fingerprint density at radius 2 is 1.60 bits per heavy atom. The third-order valence-electron chi connectivity index (χ3n) is 4.63. The SMILES string of the molecule is NS(=O)(=O)c1ccc(N=Nc2c(O)n(Cc3ccccc3Cl)c3ccccc23)cc1. The van der Waals surface area contributed by atoms with Crippen molar-refractivity contribution >= 4 is 43.9 Å². The Bertz CT molecular complexity index is 1360. The summed E-state index contributed by atoms with van der Waals surface area (Å²) in [6.45, 7) is 0.366. The number of fused-ring (bicyclic) bond motifs is 1. The van der Waals surface area contributed by atoms with Crippen molar-refractivity contribution in [3.8, 4) is 5.88 Å². The molecule has 4 rings (SSSR count). The predicted molar refractivity (Wildman–Crippen MR) is 116 cm³/mol. The molecule has 3 N–H and O–H groups in total. The molecule has 0 bridgehead atoms. The normalized spacial score (nSPS) is 12.1. The van der Waals surface area contributed by atoms with E-state index in [2.05, 4.69) is 10.2 Å². The van der Waals surface area contributed by atoms with Gasteiger partial charge in [-0.05, 0) is 42.0 Å². The molecule has 0 atom stereocenters. The van der Waals surface area contributed by atoms with E-state index >= 15 is 0 Å². The van der Waals surface area contributed by atoms with Crippen LogP contribution < -0.4 is 5.14 Å². The molecule has 9 heteroatoms. The maximum atomic E-state index is 11.4. The molecular weight excluding hydrogens is 424 g/mol. The van der Waals surface area contributed by atoms with Crippen molar-refractivity contribution in [3.05, 3.63) is 83.4 Å². The topological polar surface area (TPSA) is 110 Å². The first-order chi connectivity index (χ1) is 14.3. The molecule has 0 saturated carbocycles. The summed E-state index contributed by atoms with van der Waals surface area (Å²) in [6.07, 6.45) is 0. The number of hydrogen-bond donors (Lipinski definition) is 2. The van der Waals surface area contributed by atoms with E-state index in [0.717, 1.165) is 16.5 Å². The van der Waals surface area contributed by atoms with Crippen molar-refractivity contribution in [1.82, 2.24) is 4.57 Å². The van der Waals surface area contributed by atoms with Crippen LogP contribution >= 0.6 is 11.6 Å². The Hall–Kier alpha value is -3.20. The van der Waals surface area contributed by atoms with E-state index in [0.29, 0.717) is 22.9 Å². The van der Waals surface area contributed by atoms with Crippen molar-refractivity contribution < 1.29 is 13.5 Å². The summed E-state index contributed by atoms with van der Waals surface area (Å²) in [7, 11) is -3.78. The molecule has 1 aromatic heterocycles. The zero-order chi connectivity index (χ0) is 21.3. The number of halogens is 1. The van der Waals surface area contributed by atoms with Gasteiger partial charge in [0.25, 0.3) is 0 Å². The van der Waals surface area contributed by atoms with E-state index < -0.39 is 10.0 Å². The highest BCUT2D eigenvalue weighted by Gasteiger charge is 2.17. The van der Waals surface area contributed by atoms with Crippen LogP contribution in [-0.4, -0.2) is 18.1 Å². The number of aromatic hydroxyl groups is 1. The molecular formula is C21H17ClN4O3S. The average Bonchev–Trinajstić information content (AvgIpc) is 2.99. The highest BCUT2D eigenvalue weighted by molar-refractivity contribution is 7.89. The predicted octanol–water partition coefficient (Wildman–Crippen LogP) is 5.11. The quantitative estimate of drug-likeness (QED) is 0.420. The van der Waals surface area contributed by atoms with E-state index in [1.54, 1.807) is 10.6 Å².